The summed E-state index contributed by atoms with van der Waals surface area (Å²) >= 11 is -1.54. The van der Waals surface area contributed by atoms with Crippen LogP contribution in [0.25, 0.3) is 0 Å². The predicted octanol–water partition coefficient (Wildman–Crippen LogP) is 3.12. The van der Waals surface area contributed by atoms with Gasteiger partial charge >= 0.3 is 14.8 Å². The third-order valence-corrected chi connectivity index (χ3v) is 4.50. The van der Waals surface area contributed by atoms with Crippen molar-refractivity contribution in [2.24, 2.45) is 0 Å². The summed E-state index contributed by atoms with van der Waals surface area (Å²) in [5.41, 5.74) is 0. The van der Waals surface area contributed by atoms with Gasteiger partial charge in [0.2, 0.25) is 0 Å². The molecule has 0 N–H and O–H groups in total. The van der Waals surface area contributed by atoms with Crippen molar-refractivity contribution >= 4 is 14.8 Å². The molecule has 0 saturated carbocycles. The zero-order valence-electron chi connectivity index (χ0n) is 10.0. The smallest absolute Gasteiger partial charge is 0.476 e. The van der Waals surface area contributed by atoms with Crippen molar-refractivity contribution < 1.29 is 7.58 Å². The van der Waals surface area contributed by atoms with Crippen molar-refractivity contribution in [3.63, 3.8) is 0 Å². The summed E-state index contributed by atoms with van der Waals surface area (Å²) in [7, 11) is 0. The summed E-state index contributed by atoms with van der Waals surface area (Å²) in [5.74, 6) is 0. The summed E-state index contributed by atoms with van der Waals surface area (Å²) < 4.78 is 11.9. The molecule has 0 saturated heterocycles. The molecule has 0 bridgehead atoms. The Bertz CT molecular complexity index is 128. The van der Waals surface area contributed by atoms with Crippen molar-refractivity contribution in [1.29, 1.82) is 0 Å². The van der Waals surface area contributed by atoms with Crippen LogP contribution in [0.4, 0.5) is 0 Å². The lowest BCUT2D eigenvalue weighted by molar-refractivity contribution is 0.115. The first-order valence-electron chi connectivity index (χ1n) is 5.04. The van der Waals surface area contributed by atoms with Crippen LogP contribution in [0.3, 0.4) is 0 Å². The van der Waals surface area contributed by atoms with Gasteiger partial charge in [0.1, 0.15) is 0 Å². The minimum Gasteiger partial charge on any atom is -0.476 e. The summed E-state index contributed by atoms with van der Waals surface area (Å²) in [6.45, 7) is 14.8. The maximum absolute atomic E-state index is 5.84. The van der Waals surface area contributed by atoms with Crippen LogP contribution in [0.5, 0.6) is 0 Å². The molecule has 0 amide bonds. The molecule has 0 radical (unpaired) electrons. The standard InChI is InChI=1S/C4H9.2C3H7O.Al/c1-4(2)3;2*1-3(2)4;/h1-3H3;2*3H,1-2H3;/q;2*-1;+2. The highest BCUT2D eigenvalue weighted by atomic mass is 27.2. The highest BCUT2D eigenvalue weighted by Gasteiger charge is 2.41. The Morgan fingerprint density at radius 3 is 1.31 bits per heavy atom. The summed E-state index contributed by atoms with van der Waals surface area (Å²) in [6, 6.07) is 0. The Balaban J connectivity index is 4.20. The Kier molecular flexibility index (Phi) is 5.55. The first-order valence-corrected chi connectivity index (χ1v) is 6.56. The second kappa shape index (κ2) is 5.36. The van der Waals surface area contributed by atoms with E-state index in [9.17, 15) is 0 Å². The number of hydrogen-bond donors (Lipinski definition) is 0. The first kappa shape index (κ1) is 13.5. The molecule has 0 aromatic carbocycles. The van der Waals surface area contributed by atoms with E-state index < -0.39 is 14.8 Å². The predicted molar refractivity (Wildman–Crippen MR) is 57.9 cm³/mol. The molecule has 0 atom stereocenters. The molecule has 0 aliphatic heterocycles. The molecule has 0 aliphatic rings. The van der Waals surface area contributed by atoms with Crippen molar-refractivity contribution in [1.82, 2.24) is 0 Å². The van der Waals surface area contributed by atoms with Gasteiger partial charge in [-0.05, 0) is 32.0 Å². The molecule has 78 valence electrons. The van der Waals surface area contributed by atoms with Gasteiger partial charge in [-0.15, -0.1) is 0 Å². The van der Waals surface area contributed by atoms with Gasteiger partial charge in [-0.3, -0.25) is 0 Å². The molecular weight excluding hydrogens is 179 g/mol. The number of rotatable bonds is 4. The molecule has 0 heterocycles. The molecule has 0 rings (SSSR count). The fourth-order valence-corrected chi connectivity index (χ4v) is 2.80. The normalized spacial score (nSPS) is 12.7. The van der Waals surface area contributed by atoms with Crippen LogP contribution >= 0.6 is 0 Å². The van der Waals surface area contributed by atoms with Crippen LogP contribution in [0.15, 0.2) is 0 Å². The van der Waals surface area contributed by atoms with E-state index in [2.05, 4.69) is 48.5 Å². The Labute approximate surface area is 87.7 Å². The third-order valence-electron chi connectivity index (χ3n) is 1.50. The maximum Gasteiger partial charge on any atom is 0.681 e. The molecule has 0 unspecified atom stereocenters. The fraction of sp³-hybridized carbons (Fsp3) is 1.00. The lowest BCUT2D eigenvalue weighted by Crippen LogP contribution is -2.37. The maximum atomic E-state index is 5.84. The zero-order valence-corrected chi connectivity index (χ0v) is 11.2. The highest BCUT2D eigenvalue weighted by molar-refractivity contribution is 6.48. The van der Waals surface area contributed by atoms with Crippen molar-refractivity contribution in [2.45, 2.75) is 65.0 Å². The van der Waals surface area contributed by atoms with E-state index in [1.807, 2.05) is 0 Å². The van der Waals surface area contributed by atoms with Gasteiger partial charge in [0.25, 0.3) is 0 Å². The second-order valence-corrected chi connectivity index (χ2v) is 8.01. The molecule has 0 spiro atoms. The molecular formula is C10H23AlO2. The minimum absolute atomic E-state index is 0.175. The van der Waals surface area contributed by atoms with E-state index >= 15 is 0 Å². The minimum atomic E-state index is -1.54. The molecule has 0 aromatic heterocycles. The van der Waals surface area contributed by atoms with Gasteiger partial charge in [-0.2, -0.15) is 0 Å². The van der Waals surface area contributed by atoms with Gasteiger partial charge in [-0.25, -0.2) is 0 Å². The third kappa shape index (κ3) is 6.51. The lowest BCUT2D eigenvalue weighted by atomic mass is 10.2. The van der Waals surface area contributed by atoms with Gasteiger partial charge in [0, 0.05) is 12.2 Å². The quantitative estimate of drug-likeness (QED) is 0.652. The van der Waals surface area contributed by atoms with Crippen LogP contribution in [-0.4, -0.2) is 27.0 Å². The highest BCUT2D eigenvalue weighted by Crippen LogP contribution is 2.29. The summed E-state index contributed by atoms with van der Waals surface area (Å²) in [4.78, 5) is 0. The zero-order chi connectivity index (χ0) is 10.6. The van der Waals surface area contributed by atoms with Gasteiger partial charge < -0.3 is 7.58 Å². The van der Waals surface area contributed by atoms with Crippen LogP contribution in [-0.2, 0) is 7.58 Å². The molecule has 0 fully saturated rings. The van der Waals surface area contributed by atoms with Crippen LogP contribution in [0, 0.1) is 0 Å². The van der Waals surface area contributed by atoms with E-state index in [1.165, 1.54) is 0 Å². The van der Waals surface area contributed by atoms with E-state index in [0.717, 1.165) is 0 Å². The topological polar surface area (TPSA) is 18.5 Å². The van der Waals surface area contributed by atoms with E-state index in [1.54, 1.807) is 0 Å². The fourth-order valence-electron chi connectivity index (χ4n) is 0.935. The van der Waals surface area contributed by atoms with Crippen LogP contribution in [0.1, 0.15) is 48.5 Å². The van der Waals surface area contributed by atoms with E-state index in [-0.39, 0.29) is 16.5 Å². The Morgan fingerprint density at radius 1 is 0.846 bits per heavy atom. The van der Waals surface area contributed by atoms with E-state index in [0.29, 0.717) is 0 Å². The molecule has 2 nitrogen and oxygen atoms in total. The van der Waals surface area contributed by atoms with Gasteiger partial charge in [0.15, 0.2) is 0 Å². The molecule has 0 aromatic rings. The van der Waals surface area contributed by atoms with Crippen molar-refractivity contribution in [2.75, 3.05) is 0 Å². The average molecular weight is 202 g/mol. The van der Waals surface area contributed by atoms with Crippen LogP contribution < -0.4 is 0 Å². The Hall–Kier alpha value is 0.452. The lowest BCUT2D eigenvalue weighted by Gasteiger charge is -2.28. The Morgan fingerprint density at radius 2 is 1.15 bits per heavy atom. The summed E-state index contributed by atoms with van der Waals surface area (Å²) in [6.07, 6.45) is 0.546. The second-order valence-electron chi connectivity index (χ2n) is 5.07. The largest absolute Gasteiger partial charge is 0.681 e. The molecule has 3 heteroatoms. The average Bonchev–Trinajstić information content (AvgIpc) is 1.81. The van der Waals surface area contributed by atoms with Crippen LogP contribution in [0.2, 0.25) is 4.28 Å². The molecule has 13 heavy (non-hydrogen) atoms. The first-order chi connectivity index (χ1) is 5.73. The van der Waals surface area contributed by atoms with E-state index in [4.69, 9.17) is 7.58 Å². The number of hydrogen-bond acceptors (Lipinski definition) is 2. The van der Waals surface area contributed by atoms with Crippen molar-refractivity contribution in [3.8, 4) is 0 Å². The monoisotopic (exact) mass is 202 g/mol. The van der Waals surface area contributed by atoms with Gasteiger partial charge in [-0.1, -0.05) is 20.8 Å². The van der Waals surface area contributed by atoms with Crippen molar-refractivity contribution in [3.05, 3.63) is 0 Å². The SMILES string of the molecule is CC(C)[O][Al]([O]C(C)C)[C](C)(C)C. The molecule has 0 aliphatic carbocycles. The van der Waals surface area contributed by atoms with Gasteiger partial charge in [0.05, 0.1) is 0 Å². The summed E-state index contributed by atoms with van der Waals surface area (Å²) in [5, 5.41) is 0.